The highest BCUT2D eigenvalue weighted by Gasteiger charge is 2.00. The van der Waals surface area contributed by atoms with Gasteiger partial charge in [-0.25, -0.2) is 0 Å². The van der Waals surface area contributed by atoms with Crippen LogP contribution in [-0.2, 0) is 0 Å². The Hall–Kier alpha value is -2.26. The predicted molar refractivity (Wildman–Crippen MR) is 87.3 cm³/mol. The maximum Gasteiger partial charge on any atom is 0.185 e. The summed E-state index contributed by atoms with van der Waals surface area (Å²) in [4.78, 5) is 12.4. The van der Waals surface area contributed by atoms with Gasteiger partial charge in [-0.15, -0.1) is 0 Å². The fourth-order valence-electron chi connectivity index (χ4n) is 1.67. The van der Waals surface area contributed by atoms with E-state index in [1.165, 1.54) is 11.6 Å². The van der Waals surface area contributed by atoms with Gasteiger partial charge < -0.3 is 5.32 Å². The number of hydrogen-bond donors (Lipinski definition) is 1. The van der Waals surface area contributed by atoms with Crippen molar-refractivity contribution in [2.75, 3.05) is 5.32 Å². The lowest BCUT2D eigenvalue weighted by Crippen LogP contribution is -2.06. The molecule has 2 aromatic rings. The normalized spacial score (nSPS) is 10.4. The quantitative estimate of drug-likeness (QED) is 0.518. The van der Waals surface area contributed by atoms with Crippen LogP contribution in [0.5, 0.6) is 0 Å². The van der Waals surface area contributed by atoms with Gasteiger partial charge in [-0.3, -0.25) is 4.79 Å². The third-order valence-corrected chi connectivity index (χ3v) is 3.00. The Bertz CT molecular complexity index is 630. The Balaban J connectivity index is 1.96. The Labute approximate surface area is 124 Å². The van der Waals surface area contributed by atoms with E-state index < -0.39 is 0 Å². The van der Waals surface area contributed by atoms with E-state index in [2.05, 4.69) is 5.32 Å². The minimum absolute atomic E-state index is 0.0568. The van der Waals surface area contributed by atoms with Crippen LogP contribution in [0.1, 0.15) is 15.9 Å². The lowest BCUT2D eigenvalue weighted by Gasteiger charge is -2.04. The Morgan fingerprint density at radius 3 is 2.30 bits per heavy atom. The van der Waals surface area contributed by atoms with E-state index in [0.29, 0.717) is 10.6 Å². The van der Waals surface area contributed by atoms with Crippen LogP contribution in [0.3, 0.4) is 0 Å². The topological polar surface area (TPSA) is 29.1 Å². The van der Waals surface area contributed by atoms with E-state index in [4.69, 9.17) is 12.2 Å². The second-order valence-electron chi connectivity index (χ2n) is 4.42. The summed E-state index contributed by atoms with van der Waals surface area (Å²) in [5.41, 5.74) is 2.76. The molecule has 100 valence electrons. The highest BCUT2D eigenvalue weighted by molar-refractivity contribution is 7.81. The number of carbonyl (C=O) groups excluding carboxylic acids is 1. The van der Waals surface area contributed by atoms with Gasteiger partial charge >= 0.3 is 0 Å². The van der Waals surface area contributed by atoms with E-state index >= 15 is 0 Å². The third kappa shape index (κ3) is 4.14. The van der Waals surface area contributed by atoms with Crippen molar-refractivity contribution in [1.82, 2.24) is 0 Å². The molecule has 2 aromatic carbocycles. The fourth-order valence-corrected chi connectivity index (χ4v) is 1.86. The summed E-state index contributed by atoms with van der Waals surface area (Å²) in [5.74, 6) is -0.0568. The average Bonchev–Trinajstić information content (AvgIpc) is 2.48. The molecule has 0 aliphatic carbocycles. The second kappa shape index (κ2) is 6.78. The minimum Gasteiger partial charge on any atom is -0.347 e. The number of thiocarbonyl (C=S) groups is 1. The lowest BCUT2D eigenvalue weighted by molar-refractivity contribution is 0.104. The molecule has 0 saturated carbocycles. The van der Waals surface area contributed by atoms with E-state index in [1.807, 2.05) is 49.4 Å². The van der Waals surface area contributed by atoms with Gasteiger partial charge in [-0.1, -0.05) is 60.2 Å². The van der Waals surface area contributed by atoms with E-state index in [9.17, 15) is 4.79 Å². The Morgan fingerprint density at radius 1 is 1.00 bits per heavy atom. The fraction of sp³-hybridized carbons (Fsp3) is 0.0588. The van der Waals surface area contributed by atoms with Gasteiger partial charge in [0.05, 0.1) is 0 Å². The lowest BCUT2D eigenvalue weighted by atomic mass is 10.1. The molecule has 2 rings (SSSR count). The molecule has 0 heterocycles. The number of rotatable bonds is 4. The van der Waals surface area contributed by atoms with Crippen LogP contribution in [0.25, 0.3) is 0 Å². The molecule has 0 radical (unpaired) electrons. The van der Waals surface area contributed by atoms with Crippen LogP contribution >= 0.6 is 12.2 Å². The average molecular weight is 281 g/mol. The third-order valence-electron chi connectivity index (χ3n) is 2.76. The van der Waals surface area contributed by atoms with Gasteiger partial charge in [-0.05, 0) is 31.2 Å². The first-order chi connectivity index (χ1) is 9.65. The van der Waals surface area contributed by atoms with Gasteiger partial charge in [0.1, 0.15) is 4.99 Å². The molecule has 0 unspecified atom stereocenters. The molecule has 0 amide bonds. The molecule has 2 nitrogen and oxygen atoms in total. The van der Waals surface area contributed by atoms with Gasteiger partial charge in [-0.2, -0.15) is 0 Å². The first kappa shape index (κ1) is 14.2. The first-order valence-corrected chi connectivity index (χ1v) is 6.71. The zero-order valence-corrected chi connectivity index (χ0v) is 12.0. The predicted octanol–water partition coefficient (Wildman–Crippen LogP) is 4.17. The van der Waals surface area contributed by atoms with Crippen molar-refractivity contribution in [3.05, 3.63) is 77.9 Å². The van der Waals surface area contributed by atoms with Gasteiger partial charge in [0.25, 0.3) is 0 Å². The van der Waals surface area contributed by atoms with Crippen LogP contribution < -0.4 is 5.32 Å². The zero-order chi connectivity index (χ0) is 14.4. The minimum atomic E-state index is -0.0568. The number of hydrogen-bond acceptors (Lipinski definition) is 2. The molecule has 0 aliphatic rings. The van der Waals surface area contributed by atoms with Crippen molar-refractivity contribution in [2.24, 2.45) is 0 Å². The number of carbonyl (C=O) groups is 1. The number of nitrogens with one attached hydrogen (secondary N) is 1. The van der Waals surface area contributed by atoms with Crippen LogP contribution in [0.2, 0.25) is 0 Å². The van der Waals surface area contributed by atoms with Crippen molar-refractivity contribution < 1.29 is 4.79 Å². The molecular weight excluding hydrogens is 266 g/mol. The number of benzene rings is 2. The van der Waals surface area contributed by atoms with Crippen molar-refractivity contribution >= 4 is 28.7 Å². The second-order valence-corrected chi connectivity index (χ2v) is 4.86. The van der Waals surface area contributed by atoms with Crippen LogP contribution in [0, 0.1) is 6.92 Å². The van der Waals surface area contributed by atoms with Crippen molar-refractivity contribution in [3.8, 4) is 0 Å². The summed E-state index contributed by atoms with van der Waals surface area (Å²) in [5, 5.41) is 3.07. The van der Waals surface area contributed by atoms with E-state index in [-0.39, 0.29) is 5.78 Å². The van der Waals surface area contributed by atoms with Crippen LogP contribution in [0.15, 0.2) is 66.7 Å². The first-order valence-electron chi connectivity index (χ1n) is 6.30. The summed E-state index contributed by atoms with van der Waals surface area (Å²) < 4.78 is 0. The number of anilines is 1. The van der Waals surface area contributed by atoms with Gasteiger partial charge in [0, 0.05) is 11.3 Å². The van der Waals surface area contributed by atoms with Crippen LogP contribution in [0.4, 0.5) is 5.69 Å². The zero-order valence-electron chi connectivity index (χ0n) is 11.2. The maximum atomic E-state index is 11.9. The molecular formula is C17H15NOS. The summed E-state index contributed by atoms with van der Waals surface area (Å²) >= 11 is 5.19. The summed E-state index contributed by atoms with van der Waals surface area (Å²) in [6.45, 7) is 2.03. The van der Waals surface area contributed by atoms with Crippen molar-refractivity contribution in [1.29, 1.82) is 0 Å². The molecule has 0 aromatic heterocycles. The van der Waals surface area contributed by atoms with Crippen molar-refractivity contribution in [3.63, 3.8) is 0 Å². The molecule has 0 fully saturated rings. The largest absolute Gasteiger partial charge is 0.347 e. The highest BCUT2D eigenvalue weighted by Crippen LogP contribution is 2.09. The number of aryl methyl sites for hydroxylation is 1. The molecule has 0 saturated heterocycles. The molecule has 0 spiro atoms. The SMILES string of the molecule is Cc1ccc(NC(=S)C=CC(=O)c2ccccc2)cc1. The molecule has 0 bridgehead atoms. The van der Waals surface area contributed by atoms with Crippen molar-refractivity contribution in [2.45, 2.75) is 6.92 Å². The standard InChI is InChI=1S/C17H15NOS/c1-13-7-9-15(10-8-13)18-17(20)12-11-16(19)14-5-3-2-4-6-14/h2-12H,1H3,(H,18,20). The summed E-state index contributed by atoms with van der Waals surface area (Å²) in [6, 6.07) is 17.0. The molecule has 20 heavy (non-hydrogen) atoms. The Morgan fingerprint density at radius 2 is 1.65 bits per heavy atom. The molecule has 0 aliphatic heterocycles. The smallest absolute Gasteiger partial charge is 0.185 e. The molecule has 1 N–H and O–H groups in total. The number of ketones is 1. The highest BCUT2D eigenvalue weighted by atomic mass is 32.1. The van der Waals surface area contributed by atoms with Gasteiger partial charge in [0.2, 0.25) is 0 Å². The summed E-state index contributed by atoms with van der Waals surface area (Å²) in [6.07, 6.45) is 3.10. The Kier molecular flexibility index (Phi) is 4.80. The molecule has 0 atom stereocenters. The van der Waals surface area contributed by atoms with Gasteiger partial charge in [0.15, 0.2) is 5.78 Å². The maximum absolute atomic E-state index is 11.9. The summed E-state index contributed by atoms with van der Waals surface area (Å²) in [7, 11) is 0. The van der Waals surface area contributed by atoms with E-state index in [1.54, 1.807) is 18.2 Å². The number of allylic oxidation sites excluding steroid dienone is 1. The monoisotopic (exact) mass is 281 g/mol. The molecule has 3 heteroatoms. The van der Waals surface area contributed by atoms with E-state index in [0.717, 1.165) is 5.69 Å². The van der Waals surface area contributed by atoms with Crippen LogP contribution in [-0.4, -0.2) is 10.8 Å².